The SMILES string of the molecule is CC[C-]=Nc1[c-]cccc1C.[W+2]. The molecule has 0 aliphatic heterocycles. The Hall–Kier alpha value is -0.422. The summed E-state index contributed by atoms with van der Waals surface area (Å²) in [6.45, 7) is 4.04. The van der Waals surface area contributed by atoms with Crippen molar-refractivity contribution in [1.29, 1.82) is 0 Å². The summed E-state index contributed by atoms with van der Waals surface area (Å²) < 4.78 is 0. The summed E-state index contributed by atoms with van der Waals surface area (Å²) in [7, 11) is 0. The Morgan fingerprint density at radius 2 is 2.33 bits per heavy atom. The average Bonchev–Trinajstić information content (AvgIpc) is 2.03. The Morgan fingerprint density at radius 3 is 2.92 bits per heavy atom. The smallest absolute Gasteiger partial charge is 0.481 e. The van der Waals surface area contributed by atoms with Crippen molar-refractivity contribution in [2.24, 2.45) is 4.99 Å². The quantitative estimate of drug-likeness (QED) is 0.585. The molecular weight excluding hydrogens is 318 g/mol. The molecule has 0 N–H and O–H groups in total. The van der Waals surface area contributed by atoms with Crippen molar-refractivity contribution in [3.63, 3.8) is 0 Å². The van der Waals surface area contributed by atoms with Gasteiger partial charge in [-0.25, -0.2) is 11.3 Å². The van der Waals surface area contributed by atoms with Gasteiger partial charge in [-0.3, -0.25) is 6.07 Å². The van der Waals surface area contributed by atoms with Crippen LogP contribution in [0.2, 0.25) is 0 Å². The monoisotopic (exact) mass is 329 g/mol. The molecular formula is C10H11NW. The summed E-state index contributed by atoms with van der Waals surface area (Å²) in [5.74, 6) is 0. The van der Waals surface area contributed by atoms with E-state index in [4.69, 9.17) is 0 Å². The number of hydrogen-bond acceptors (Lipinski definition) is 1. The first-order valence-electron chi connectivity index (χ1n) is 3.75. The van der Waals surface area contributed by atoms with E-state index in [2.05, 4.69) is 17.3 Å². The summed E-state index contributed by atoms with van der Waals surface area (Å²) >= 11 is 0. The van der Waals surface area contributed by atoms with E-state index in [1.807, 2.05) is 32.0 Å². The van der Waals surface area contributed by atoms with E-state index in [0.29, 0.717) is 0 Å². The van der Waals surface area contributed by atoms with Gasteiger partial charge in [0.1, 0.15) is 0 Å². The van der Waals surface area contributed by atoms with Crippen LogP contribution < -0.4 is 0 Å². The van der Waals surface area contributed by atoms with Crippen LogP contribution in [0, 0.1) is 13.0 Å². The van der Waals surface area contributed by atoms with Gasteiger partial charge in [0.05, 0.1) is 0 Å². The fourth-order valence-corrected chi connectivity index (χ4v) is 0.791. The van der Waals surface area contributed by atoms with Crippen molar-refractivity contribution in [3.05, 3.63) is 29.8 Å². The van der Waals surface area contributed by atoms with E-state index in [-0.39, 0.29) is 21.1 Å². The number of aliphatic imine (C=N–C) groups is 1. The molecule has 0 aliphatic rings. The van der Waals surface area contributed by atoms with E-state index in [9.17, 15) is 0 Å². The number of benzene rings is 1. The zero-order valence-electron chi connectivity index (χ0n) is 7.29. The summed E-state index contributed by atoms with van der Waals surface area (Å²) in [6, 6.07) is 8.89. The maximum atomic E-state index is 4.12. The van der Waals surface area contributed by atoms with Crippen LogP contribution in [0.4, 0.5) is 5.69 Å². The van der Waals surface area contributed by atoms with Gasteiger partial charge >= 0.3 is 21.1 Å². The molecule has 0 fully saturated rings. The van der Waals surface area contributed by atoms with Gasteiger partial charge in [0, 0.05) is 0 Å². The first-order valence-corrected chi connectivity index (χ1v) is 3.75. The van der Waals surface area contributed by atoms with Crippen LogP contribution >= 0.6 is 0 Å². The molecule has 62 valence electrons. The summed E-state index contributed by atoms with van der Waals surface area (Å²) in [5, 5.41) is 0. The van der Waals surface area contributed by atoms with Crippen molar-refractivity contribution in [2.75, 3.05) is 0 Å². The summed E-state index contributed by atoms with van der Waals surface area (Å²) in [4.78, 5) is 4.12. The second-order valence-electron chi connectivity index (χ2n) is 2.33. The molecule has 12 heavy (non-hydrogen) atoms. The van der Waals surface area contributed by atoms with Crippen molar-refractivity contribution < 1.29 is 21.1 Å². The number of nitrogens with zero attached hydrogens (tertiary/aromatic N) is 1. The minimum atomic E-state index is 0. The zero-order valence-corrected chi connectivity index (χ0v) is 10.2. The first kappa shape index (κ1) is 11.6. The van der Waals surface area contributed by atoms with Crippen LogP contribution in [0.25, 0.3) is 0 Å². The molecule has 0 heterocycles. The Labute approximate surface area is 88.2 Å². The molecule has 0 spiro atoms. The summed E-state index contributed by atoms with van der Waals surface area (Å²) in [6.07, 6.45) is 3.75. The van der Waals surface area contributed by atoms with Gasteiger partial charge in [0.2, 0.25) is 0 Å². The van der Waals surface area contributed by atoms with Gasteiger partial charge in [-0.15, -0.1) is 6.92 Å². The number of aryl methyl sites for hydroxylation is 1. The van der Waals surface area contributed by atoms with Gasteiger partial charge < -0.3 is 4.99 Å². The average molecular weight is 329 g/mol. The van der Waals surface area contributed by atoms with Gasteiger partial charge in [0.15, 0.2) is 0 Å². The maximum absolute atomic E-state index is 4.12. The zero-order chi connectivity index (χ0) is 8.10. The predicted octanol–water partition coefficient (Wildman–Crippen LogP) is 2.78. The van der Waals surface area contributed by atoms with E-state index in [1.54, 1.807) is 0 Å². The predicted molar refractivity (Wildman–Crippen MR) is 47.4 cm³/mol. The standard InChI is InChI=1S/C10H11N.W/c1-3-8-11-10-7-5-4-6-9(10)2;/h4-6H,3H2,1-2H3;/q-2;+2. The van der Waals surface area contributed by atoms with Crippen molar-refractivity contribution in [3.8, 4) is 0 Å². The topological polar surface area (TPSA) is 12.4 Å². The maximum Gasteiger partial charge on any atom is 2.00 e. The number of para-hydroxylation sites is 1. The Kier molecular flexibility index (Phi) is 5.92. The molecule has 0 atom stereocenters. The largest absolute Gasteiger partial charge is 2.00 e. The van der Waals surface area contributed by atoms with Crippen LogP contribution in [0.15, 0.2) is 23.2 Å². The number of hydrogen-bond donors (Lipinski definition) is 0. The van der Waals surface area contributed by atoms with Crippen LogP contribution in [-0.2, 0) is 21.1 Å². The molecule has 0 radical (unpaired) electrons. The fourth-order valence-electron chi connectivity index (χ4n) is 0.791. The molecule has 1 aromatic carbocycles. The van der Waals surface area contributed by atoms with Gasteiger partial charge in [-0.1, -0.05) is 13.3 Å². The van der Waals surface area contributed by atoms with Crippen LogP contribution in [-0.4, -0.2) is 6.21 Å². The van der Waals surface area contributed by atoms with Crippen molar-refractivity contribution >= 4 is 11.9 Å². The molecule has 2 heteroatoms. The fraction of sp³-hybridized carbons (Fsp3) is 0.300. The minimum absolute atomic E-state index is 0. The summed E-state index contributed by atoms with van der Waals surface area (Å²) in [5.41, 5.74) is 2.04. The molecule has 0 aliphatic carbocycles. The van der Waals surface area contributed by atoms with E-state index >= 15 is 0 Å². The third-order valence-electron chi connectivity index (χ3n) is 1.38. The van der Waals surface area contributed by atoms with Crippen molar-refractivity contribution in [2.45, 2.75) is 20.3 Å². The molecule has 0 amide bonds. The molecule has 0 aromatic heterocycles. The minimum Gasteiger partial charge on any atom is -0.481 e. The van der Waals surface area contributed by atoms with E-state index in [0.717, 1.165) is 17.7 Å². The van der Waals surface area contributed by atoms with Gasteiger partial charge in [-0.2, -0.15) is 24.4 Å². The van der Waals surface area contributed by atoms with Gasteiger partial charge in [-0.05, 0) is 0 Å². The Bertz CT molecular complexity index is 256. The third-order valence-corrected chi connectivity index (χ3v) is 1.38. The molecule has 0 bridgehead atoms. The molecule has 0 unspecified atom stereocenters. The van der Waals surface area contributed by atoms with Crippen molar-refractivity contribution in [1.82, 2.24) is 0 Å². The Balaban J connectivity index is 0.00000121. The molecule has 0 saturated carbocycles. The molecule has 0 saturated heterocycles. The molecule has 1 rings (SSSR count). The normalized spacial score (nSPS) is 9.83. The number of rotatable bonds is 2. The second-order valence-corrected chi connectivity index (χ2v) is 2.33. The molecule has 1 nitrogen and oxygen atoms in total. The van der Waals surface area contributed by atoms with Crippen LogP contribution in [0.1, 0.15) is 18.9 Å². The first-order chi connectivity index (χ1) is 5.34. The molecule has 1 aromatic rings. The Morgan fingerprint density at radius 1 is 1.58 bits per heavy atom. The van der Waals surface area contributed by atoms with E-state index < -0.39 is 0 Å². The third kappa shape index (κ3) is 3.32. The van der Waals surface area contributed by atoms with E-state index in [1.165, 1.54) is 0 Å². The second kappa shape index (κ2) is 6.13. The van der Waals surface area contributed by atoms with Crippen LogP contribution in [0.3, 0.4) is 0 Å². The van der Waals surface area contributed by atoms with Crippen LogP contribution in [0.5, 0.6) is 0 Å². The van der Waals surface area contributed by atoms with Gasteiger partial charge in [0.25, 0.3) is 0 Å².